The summed E-state index contributed by atoms with van der Waals surface area (Å²) in [4.78, 5) is 8.71. The Bertz CT molecular complexity index is 629. The Morgan fingerprint density at radius 2 is 1.57 bits per heavy atom. The van der Waals surface area contributed by atoms with Gasteiger partial charge in [-0.25, -0.2) is 9.97 Å². The van der Waals surface area contributed by atoms with E-state index in [4.69, 9.17) is 14.2 Å². The molecule has 0 spiro atoms. The number of rotatable bonds is 5. The molecule has 5 nitrogen and oxygen atoms in total. The smallest absolute Gasteiger partial charge is 0.203 e. The summed E-state index contributed by atoms with van der Waals surface area (Å²) in [6, 6.07) is 5.85. The van der Waals surface area contributed by atoms with Gasteiger partial charge in [0.25, 0.3) is 0 Å². The van der Waals surface area contributed by atoms with Crippen LogP contribution in [0.2, 0.25) is 0 Å². The maximum atomic E-state index is 5.38. The summed E-state index contributed by atoms with van der Waals surface area (Å²) in [6.07, 6.45) is 4.05. The van der Waals surface area contributed by atoms with E-state index in [1.807, 2.05) is 18.2 Å². The predicted octanol–water partition coefficient (Wildman–Crippen LogP) is 3.05. The maximum Gasteiger partial charge on any atom is 0.203 e. The van der Waals surface area contributed by atoms with E-state index in [2.05, 4.69) is 9.97 Å². The van der Waals surface area contributed by atoms with E-state index < -0.39 is 0 Å². The normalized spacial score (nSPS) is 13.9. The molecule has 0 atom stereocenters. The van der Waals surface area contributed by atoms with Crippen molar-refractivity contribution in [1.29, 1.82) is 0 Å². The van der Waals surface area contributed by atoms with E-state index in [0.717, 1.165) is 17.0 Å². The molecular formula is C16H18N2O3. The standard InChI is InChI=1S/C16H18N2O3/c1-19-14-6-11(7-15(20-2)16(14)21-3)13-8-12(10-4-5-10)17-9-18-13/h6-10H,4-5H2,1-3H3. The fourth-order valence-corrected chi connectivity index (χ4v) is 2.36. The van der Waals surface area contributed by atoms with Crippen molar-refractivity contribution in [3.63, 3.8) is 0 Å². The second-order valence-corrected chi connectivity index (χ2v) is 5.02. The third-order valence-electron chi connectivity index (χ3n) is 3.64. The summed E-state index contributed by atoms with van der Waals surface area (Å²) in [5.41, 5.74) is 2.90. The van der Waals surface area contributed by atoms with E-state index in [9.17, 15) is 0 Å². The Balaban J connectivity index is 2.07. The molecule has 5 heteroatoms. The molecule has 3 rings (SSSR count). The van der Waals surface area contributed by atoms with Crippen LogP contribution in [0.1, 0.15) is 24.5 Å². The summed E-state index contributed by atoms with van der Waals surface area (Å²) < 4.78 is 16.1. The lowest BCUT2D eigenvalue weighted by Crippen LogP contribution is -1.97. The summed E-state index contributed by atoms with van der Waals surface area (Å²) in [6.45, 7) is 0. The minimum atomic E-state index is 0.584. The van der Waals surface area contributed by atoms with Crippen molar-refractivity contribution in [3.8, 4) is 28.5 Å². The lowest BCUT2D eigenvalue weighted by molar-refractivity contribution is 0.324. The summed E-state index contributed by atoms with van der Waals surface area (Å²) >= 11 is 0. The van der Waals surface area contributed by atoms with Gasteiger partial charge >= 0.3 is 0 Å². The monoisotopic (exact) mass is 286 g/mol. The fourth-order valence-electron chi connectivity index (χ4n) is 2.36. The molecule has 0 radical (unpaired) electrons. The molecule has 0 aliphatic heterocycles. The van der Waals surface area contributed by atoms with Crippen LogP contribution < -0.4 is 14.2 Å². The number of hydrogen-bond donors (Lipinski definition) is 0. The summed E-state index contributed by atoms with van der Waals surface area (Å²) in [5, 5.41) is 0. The van der Waals surface area contributed by atoms with E-state index in [0.29, 0.717) is 23.2 Å². The number of methoxy groups -OCH3 is 3. The van der Waals surface area contributed by atoms with Gasteiger partial charge in [0.05, 0.1) is 27.0 Å². The molecule has 0 bridgehead atoms. The highest BCUT2D eigenvalue weighted by atomic mass is 16.5. The molecule has 1 heterocycles. The van der Waals surface area contributed by atoms with Crippen molar-refractivity contribution >= 4 is 0 Å². The zero-order chi connectivity index (χ0) is 14.8. The Kier molecular flexibility index (Phi) is 3.64. The van der Waals surface area contributed by atoms with Crippen LogP contribution in [0.5, 0.6) is 17.2 Å². The number of hydrogen-bond acceptors (Lipinski definition) is 5. The third-order valence-corrected chi connectivity index (χ3v) is 3.64. The van der Waals surface area contributed by atoms with Gasteiger partial charge in [-0.15, -0.1) is 0 Å². The van der Waals surface area contributed by atoms with Crippen molar-refractivity contribution in [2.45, 2.75) is 18.8 Å². The molecular weight excluding hydrogens is 268 g/mol. The van der Waals surface area contributed by atoms with Crippen LogP contribution >= 0.6 is 0 Å². The topological polar surface area (TPSA) is 53.5 Å². The first-order chi connectivity index (χ1) is 10.3. The van der Waals surface area contributed by atoms with Crippen LogP contribution in [0.3, 0.4) is 0 Å². The zero-order valence-electron chi connectivity index (χ0n) is 12.4. The molecule has 2 aromatic rings. The minimum Gasteiger partial charge on any atom is -0.493 e. The van der Waals surface area contributed by atoms with Crippen molar-refractivity contribution in [1.82, 2.24) is 9.97 Å². The molecule has 1 saturated carbocycles. The molecule has 1 aromatic carbocycles. The number of ether oxygens (including phenoxy) is 3. The van der Waals surface area contributed by atoms with Crippen molar-refractivity contribution in [2.24, 2.45) is 0 Å². The molecule has 0 N–H and O–H groups in total. The average Bonchev–Trinajstić information content (AvgIpc) is 3.38. The lowest BCUT2D eigenvalue weighted by atomic mass is 10.1. The SMILES string of the molecule is COc1cc(-c2cc(C3CC3)ncn2)cc(OC)c1OC. The van der Waals surface area contributed by atoms with Gasteiger partial charge < -0.3 is 14.2 Å². The fraction of sp³-hybridized carbons (Fsp3) is 0.375. The second kappa shape index (κ2) is 5.60. The quantitative estimate of drug-likeness (QED) is 0.845. The highest BCUT2D eigenvalue weighted by Crippen LogP contribution is 2.42. The Hall–Kier alpha value is -2.30. The number of nitrogens with zero attached hydrogens (tertiary/aromatic N) is 2. The van der Waals surface area contributed by atoms with Gasteiger partial charge in [0.1, 0.15) is 6.33 Å². The molecule has 21 heavy (non-hydrogen) atoms. The molecule has 0 unspecified atom stereocenters. The van der Waals surface area contributed by atoms with Crippen LogP contribution in [0, 0.1) is 0 Å². The van der Waals surface area contributed by atoms with Crippen LogP contribution in [0.4, 0.5) is 0 Å². The molecule has 0 saturated heterocycles. The first-order valence-corrected chi connectivity index (χ1v) is 6.89. The van der Waals surface area contributed by atoms with Gasteiger partial charge in [-0.3, -0.25) is 0 Å². The van der Waals surface area contributed by atoms with E-state index >= 15 is 0 Å². The Morgan fingerprint density at radius 3 is 2.10 bits per heavy atom. The van der Waals surface area contributed by atoms with Gasteiger partial charge in [-0.2, -0.15) is 0 Å². The Morgan fingerprint density at radius 1 is 0.905 bits per heavy atom. The highest BCUT2D eigenvalue weighted by molar-refractivity contribution is 5.68. The lowest BCUT2D eigenvalue weighted by Gasteiger charge is -2.14. The Labute approximate surface area is 123 Å². The average molecular weight is 286 g/mol. The van der Waals surface area contributed by atoms with Crippen LogP contribution in [-0.2, 0) is 0 Å². The third kappa shape index (κ3) is 2.63. The first kappa shape index (κ1) is 13.7. The van der Waals surface area contributed by atoms with Gasteiger partial charge in [-0.1, -0.05) is 0 Å². The van der Waals surface area contributed by atoms with Crippen molar-refractivity contribution in [3.05, 3.63) is 30.2 Å². The van der Waals surface area contributed by atoms with Crippen molar-refractivity contribution < 1.29 is 14.2 Å². The molecule has 110 valence electrons. The van der Waals surface area contributed by atoms with Gasteiger partial charge in [0.2, 0.25) is 5.75 Å². The van der Waals surface area contributed by atoms with Crippen LogP contribution in [0.15, 0.2) is 24.5 Å². The maximum absolute atomic E-state index is 5.38. The summed E-state index contributed by atoms with van der Waals surface area (Å²) in [5.74, 6) is 2.42. The van der Waals surface area contributed by atoms with E-state index in [-0.39, 0.29) is 0 Å². The molecule has 0 amide bonds. The van der Waals surface area contributed by atoms with Crippen LogP contribution in [-0.4, -0.2) is 31.3 Å². The largest absolute Gasteiger partial charge is 0.493 e. The predicted molar refractivity (Wildman–Crippen MR) is 79.1 cm³/mol. The molecule has 1 fully saturated rings. The molecule has 1 aromatic heterocycles. The van der Waals surface area contributed by atoms with Gasteiger partial charge in [-0.05, 0) is 31.0 Å². The number of benzene rings is 1. The number of aromatic nitrogens is 2. The molecule has 1 aliphatic carbocycles. The minimum absolute atomic E-state index is 0.584. The highest BCUT2D eigenvalue weighted by Gasteiger charge is 2.25. The van der Waals surface area contributed by atoms with Crippen LogP contribution in [0.25, 0.3) is 11.3 Å². The van der Waals surface area contributed by atoms with E-state index in [1.54, 1.807) is 27.7 Å². The first-order valence-electron chi connectivity index (χ1n) is 6.89. The van der Waals surface area contributed by atoms with Gasteiger partial charge in [0.15, 0.2) is 11.5 Å². The zero-order valence-corrected chi connectivity index (χ0v) is 12.4. The van der Waals surface area contributed by atoms with Crippen molar-refractivity contribution in [2.75, 3.05) is 21.3 Å². The van der Waals surface area contributed by atoms with Gasteiger partial charge in [0, 0.05) is 17.2 Å². The second-order valence-electron chi connectivity index (χ2n) is 5.02. The van der Waals surface area contributed by atoms with E-state index in [1.165, 1.54) is 12.8 Å². The summed E-state index contributed by atoms with van der Waals surface area (Å²) in [7, 11) is 4.81. The molecule has 1 aliphatic rings.